The number of amides is 2. The van der Waals surface area contributed by atoms with Gasteiger partial charge in [0, 0.05) is 31.1 Å². The van der Waals surface area contributed by atoms with Crippen LogP contribution in [0.2, 0.25) is 0 Å². The number of carbonyl (C=O) groups excluding carboxylic acids is 2. The fourth-order valence-corrected chi connectivity index (χ4v) is 3.35. The number of nitrogens with one attached hydrogen (secondary N) is 1. The lowest BCUT2D eigenvalue weighted by Gasteiger charge is -2.17. The molecule has 1 unspecified atom stereocenters. The van der Waals surface area contributed by atoms with Crippen molar-refractivity contribution >= 4 is 28.4 Å². The highest BCUT2D eigenvalue weighted by molar-refractivity contribution is 6.03. The Morgan fingerprint density at radius 2 is 1.92 bits per heavy atom. The second-order valence-electron chi connectivity index (χ2n) is 6.53. The molecule has 1 N–H and O–H groups in total. The lowest BCUT2D eigenvalue weighted by Crippen LogP contribution is -2.28. The van der Waals surface area contributed by atoms with Crippen molar-refractivity contribution in [2.45, 2.75) is 13.0 Å². The van der Waals surface area contributed by atoms with Crippen LogP contribution < -0.4 is 5.32 Å². The third kappa shape index (κ3) is 3.28. The number of pyridine rings is 1. The molecule has 1 fully saturated rings. The van der Waals surface area contributed by atoms with Crippen LogP contribution in [0.3, 0.4) is 0 Å². The Balaban J connectivity index is 1.46. The molecule has 5 nitrogen and oxygen atoms in total. The Labute approximate surface area is 151 Å². The Hall–Kier alpha value is -3.21. The van der Waals surface area contributed by atoms with E-state index < -0.39 is 0 Å². The van der Waals surface area contributed by atoms with Crippen LogP contribution in [0.5, 0.6) is 0 Å². The highest BCUT2D eigenvalue weighted by Gasteiger charge is 2.34. The molecule has 3 aromatic rings. The van der Waals surface area contributed by atoms with Gasteiger partial charge in [-0.1, -0.05) is 36.4 Å². The van der Waals surface area contributed by atoms with Crippen LogP contribution in [0.25, 0.3) is 10.9 Å². The Kier molecular flexibility index (Phi) is 4.35. The predicted molar refractivity (Wildman–Crippen MR) is 100 cm³/mol. The van der Waals surface area contributed by atoms with Gasteiger partial charge in [0.1, 0.15) is 0 Å². The van der Waals surface area contributed by atoms with Gasteiger partial charge >= 0.3 is 0 Å². The molecular formula is C21H19N3O2. The topological polar surface area (TPSA) is 62.3 Å². The summed E-state index contributed by atoms with van der Waals surface area (Å²) in [6, 6.07) is 19.2. The van der Waals surface area contributed by atoms with Gasteiger partial charge in [0.25, 0.3) is 0 Å². The molecule has 130 valence electrons. The molecule has 1 saturated heterocycles. The Bertz CT molecular complexity index is 950. The van der Waals surface area contributed by atoms with Crippen molar-refractivity contribution in [3.63, 3.8) is 0 Å². The quantitative estimate of drug-likeness (QED) is 0.790. The molecule has 5 heteroatoms. The van der Waals surface area contributed by atoms with E-state index in [4.69, 9.17) is 0 Å². The van der Waals surface area contributed by atoms with E-state index in [0.29, 0.717) is 13.1 Å². The smallest absolute Gasteiger partial charge is 0.229 e. The van der Waals surface area contributed by atoms with Crippen LogP contribution >= 0.6 is 0 Å². The first-order valence-electron chi connectivity index (χ1n) is 8.67. The van der Waals surface area contributed by atoms with E-state index in [0.717, 1.165) is 22.2 Å². The number of hydrogen-bond acceptors (Lipinski definition) is 3. The van der Waals surface area contributed by atoms with E-state index in [1.54, 1.807) is 11.1 Å². The normalized spacial score (nSPS) is 16.8. The van der Waals surface area contributed by atoms with Crippen LogP contribution in [0.1, 0.15) is 12.0 Å². The number of rotatable bonds is 4. The zero-order valence-electron chi connectivity index (χ0n) is 14.3. The summed E-state index contributed by atoms with van der Waals surface area (Å²) >= 11 is 0. The van der Waals surface area contributed by atoms with Gasteiger partial charge in [-0.15, -0.1) is 0 Å². The molecule has 1 aromatic heterocycles. The molecule has 1 atom stereocenters. The number of carbonyl (C=O) groups is 2. The van der Waals surface area contributed by atoms with Gasteiger partial charge in [-0.3, -0.25) is 14.6 Å². The van der Waals surface area contributed by atoms with Gasteiger partial charge in [-0.05, 0) is 29.8 Å². The number of benzene rings is 2. The van der Waals surface area contributed by atoms with Gasteiger partial charge in [0.05, 0.1) is 17.1 Å². The standard InChI is InChI=1S/C21H19N3O2/c25-20-12-16(14-24(20)13-15-6-2-1-3-7-15)21(26)23-19-10-4-9-18-17(19)8-5-11-22-18/h1-11,16H,12-14H2,(H,23,26). The van der Waals surface area contributed by atoms with E-state index in [2.05, 4.69) is 10.3 Å². The highest BCUT2D eigenvalue weighted by atomic mass is 16.2. The van der Waals surface area contributed by atoms with Gasteiger partial charge in [0.15, 0.2) is 0 Å². The number of hydrogen-bond donors (Lipinski definition) is 1. The number of fused-ring (bicyclic) bond motifs is 1. The van der Waals surface area contributed by atoms with Gasteiger partial charge in [0.2, 0.25) is 11.8 Å². The summed E-state index contributed by atoms with van der Waals surface area (Å²) in [6.45, 7) is 0.990. The third-order valence-electron chi connectivity index (χ3n) is 4.71. The minimum Gasteiger partial charge on any atom is -0.338 e. The van der Waals surface area contributed by atoms with Crippen LogP contribution in [0.15, 0.2) is 66.9 Å². The molecule has 0 aliphatic carbocycles. The number of aromatic nitrogens is 1. The first kappa shape index (κ1) is 16.3. The Morgan fingerprint density at radius 1 is 1.08 bits per heavy atom. The molecule has 1 aliphatic heterocycles. The first-order chi connectivity index (χ1) is 12.7. The minimum absolute atomic E-state index is 0.0218. The fraction of sp³-hybridized carbons (Fsp3) is 0.190. The predicted octanol–water partition coefficient (Wildman–Crippen LogP) is 3.22. The molecule has 4 rings (SSSR count). The maximum Gasteiger partial charge on any atom is 0.229 e. The summed E-state index contributed by atoms with van der Waals surface area (Å²) in [5, 5.41) is 3.87. The van der Waals surface area contributed by atoms with Crippen molar-refractivity contribution in [2.75, 3.05) is 11.9 Å². The zero-order chi connectivity index (χ0) is 17.9. The van der Waals surface area contributed by atoms with Crippen molar-refractivity contribution in [3.8, 4) is 0 Å². The number of nitrogens with zero attached hydrogens (tertiary/aromatic N) is 2. The maximum atomic E-state index is 12.7. The van der Waals surface area contributed by atoms with Crippen molar-refractivity contribution in [2.24, 2.45) is 5.92 Å². The molecule has 2 amide bonds. The van der Waals surface area contributed by atoms with Crippen LogP contribution in [-0.4, -0.2) is 28.2 Å². The summed E-state index contributed by atoms with van der Waals surface area (Å²) in [7, 11) is 0. The molecule has 0 spiro atoms. The van der Waals surface area contributed by atoms with Crippen LogP contribution in [0, 0.1) is 5.92 Å². The van der Waals surface area contributed by atoms with Crippen molar-refractivity contribution < 1.29 is 9.59 Å². The molecule has 26 heavy (non-hydrogen) atoms. The molecule has 2 heterocycles. The van der Waals surface area contributed by atoms with Crippen LogP contribution in [-0.2, 0) is 16.1 Å². The largest absolute Gasteiger partial charge is 0.338 e. The highest BCUT2D eigenvalue weighted by Crippen LogP contribution is 2.25. The van der Waals surface area contributed by atoms with Gasteiger partial charge in [-0.25, -0.2) is 0 Å². The molecule has 0 radical (unpaired) electrons. The first-order valence-corrected chi connectivity index (χ1v) is 8.67. The maximum absolute atomic E-state index is 12.7. The van der Waals surface area contributed by atoms with Gasteiger partial charge < -0.3 is 10.2 Å². The second kappa shape index (κ2) is 6.96. The molecule has 0 saturated carbocycles. The second-order valence-corrected chi connectivity index (χ2v) is 6.53. The summed E-state index contributed by atoms with van der Waals surface area (Å²) < 4.78 is 0. The van der Waals surface area contributed by atoms with E-state index in [1.807, 2.05) is 60.7 Å². The summed E-state index contributed by atoms with van der Waals surface area (Å²) in [4.78, 5) is 31.0. The summed E-state index contributed by atoms with van der Waals surface area (Å²) in [5.41, 5.74) is 2.63. The average Bonchev–Trinajstić information content (AvgIpc) is 3.03. The third-order valence-corrected chi connectivity index (χ3v) is 4.71. The molecule has 1 aliphatic rings. The minimum atomic E-state index is -0.335. The summed E-state index contributed by atoms with van der Waals surface area (Å²) in [5.74, 6) is -0.433. The van der Waals surface area contributed by atoms with Gasteiger partial charge in [-0.2, -0.15) is 0 Å². The lowest BCUT2D eigenvalue weighted by atomic mass is 10.1. The number of anilines is 1. The monoisotopic (exact) mass is 345 g/mol. The van der Waals surface area contributed by atoms with Crippen molar-refractivity contribution in [1.29, 1.82) is 0 Å². The van der Waals surface area contributed by atoms with E-state index in [-0.39, 0.29) is 24.2 Å². The summed E-state index contributed by atoms with van der Waals surface area (Å²) in [6.07, 6.45) is 1.98. The van der Waals surface area contributed by atoms with E-state index in [1.165, 1.54) is 0 Å². The number of likely N-dealkylation sites (tertiary alicyclic amines) is 1. The van der Waals surface area contributed by atoms with Crippen molar-refractivity contribution in [3.05, 3.63) is 72.4 Å². The SMILES string of the molecule is O=C(Nc1cccc2ncccc12)C1CC(=O)N(Cc2ccccc2)C1. The van der Waals surface area contributed by atoms with E-state index in [9.17, 15) is 9.59 Å². The molecular weight excluding hydrogens is 326 g/mol. The fourth-order valence-electron chi connectivity index (χ4n) is 3.35. The van der Waals surface area contributed by atoms with Crippen LogP contribution in [0.4, 0.5) is 5.69 Å². The zero-order valence-corrected chi connectivity index (χ0v) is 14.3. The molecule has 2 aromatic carbocycles. The van der Waals surface area contributed by atoms with E-state index >= 15 is 0 Å². The lowest BCUT2D eigenvalue weighted by molar-refractivity contribution is -0.128. The average molecular weight is 345 g/mol. The Morgan fingerprint density at radius 3 is 2.77 bits per heavy atom. The molecule has 0 bridgehead atoms. The van der Waals surface area contributed by atoms with Crippen molar-refractivity contribution in [1.82, 2.24) is 9.88 Å².